The van der Waals surface area contributed by atoms with Gasteiger partial charge < -0.3 is 9.84 Å². The van der Waals surface area contributed by atoms with E-state index >= 15 is 0 Å². The van der Waals surface area contributed by atoms with Gasteiger partial charge in [0.25, 0.3) is 0 Å². The van der Waals surface area contributed by atoms with Crippen LogP contribution in [-0.2, 0) is 4.79 Å². The van der Waals surface area contributed by atoms with Crippen molar-refractivity contribution in [3.63, 3.8) is 0 Å². The molecule has 0 radical (unpaired) electrons. The third-order valence-electron chi connectivity index (χ3n) is 3.91. The lowest BCUT2D eigenvalue weighted by Gasteiger charge is -2.21. The minimum atomic E-state index is -0.290. The summed E-state index contributed by atoms with van der Waals surface area (Å²) in [5.74, 6) is 1.38. The zero-order chi connectivity index (χ0) is 17.7. The summed E-state index contributed by atoms with van der Waals surface area (Å²) in [5.41, 5.74) is 0.786. The molecule has 0 saturated carbocycles. The van der Waals surface area contributed by atoms with E-state index in [-0.39, 0.29) is 17.9 Å². The largest absolute Gasteiger partial charge is 0.344 e. The van der Waals surface area contributed by atoms with Gasteiger partial charge >= 0.3 is 0 Å². The van der Waals surface area contributed by atoms with Crippen molar-refractivity contribution in [3.8, 4) is 11.4 Å². The fourth-order valence-electron chi connectivity index (χ4n) is 2.39. The summed E-state index contributed by atoms with van der Waals surface area (Å²) in [6.07, 6.45) is 1.36. The fraction of sp³-hybridized carbons (Fsp3) is 0.500. The first-order valence-corrected chi connectivity index (χ1v) is 8.67. The molecule has 5 nitrogen and oxygen atoms in total. The molecule has 0 unspecified atom stereocenters. The molecule has 1 N–H and O–H groups in total. The molecule has 0 saturated heterocycles. The Kier molecular flexibility index (Phi) is 6.37. The van der Waals surface area contributed by atoms with E-state index in [9.17, 15) is 4.79 Å². The van der Waals surface area contributed by atoms with Gasteiger partial charge in [-0.3, -0.25) is 4.79 Å². The predicted molar refractivity (Wildman–Crippen MR) is 94.5 cm³/mol. The first-order valence-electron chi connectivity index (χ1n) is 8.29. The van der Waals surface area contributed by atoms with Gasteiger partial charge in [0.1, 0.15) is 6.04 Å². The summed E-state index contributed by atoms with van der Waals surface area (Å²) in [7, 11) is 0. The molecule has 1 aromatic heterocycles. The van der Waals surface area contributed by atoms with Crippen LogP contribution >= 0.6 is 11.6 Å². The van der Waals surface area contributed by atoms with Crippen LogP contribution < -0.4 is 5.32 Å². The van der Waals surface area contributed by atoms with Crippen molar-refractivity contribution >= 4 is 17.5 Å². The number of hydrogen-bond acceptors (Lipinski definition) is 4. The first kappa shape index (κ1) is 18.5. The van der Waals surface area contributed by atoms with E-state index < -0.39 is 0 Å². The maximum absolute atomic E-state index is 12.2. The third kappa shape index (κ3) is 4.81. The van der Waals surface area contributed by atoms with E-state index in [1.54, 1.807) is 12.1 Å². The number of rotatable bonds is 7. The summed E-state index contributed by atoms with van der Waals surface area (Å²) in [6, 6.07) is 6.99. The molecule has 1 aromatic carbocycles. The van der Waals surface area contributed by atoms with Crippen LogP contribution in [0.5, 0.6) is 0 Å². The smallest absolute Gasteiger partial charge is 0.249 e. The van der Waals surface area contributed by atoms with E-state index in [4.69, 9.17) is 16.1 Å². The van der Waals surface area contributed by atoms with Crippen molar-refractivity contribution in [1.29, 1.82) is 0 Å². The quantitative estimate of drug-likeness (QED) is 0.790. The van der Waals surface area contributed by atoms with Crippen LogP contribution in [0.3, 0.4) is 0 Å². The number of carbonyl (C=O) groups is 1. The van der Waals surface area contributed by atoms with E-state index in [2.05, 4.69) is 29.3 Å². The molecule has 0 spiro atoms. The Bertz CT molecular complexity index is 684. The molecule has 2 atom stereocenters. The standard InChI is InChI=1S/C18H24ClN3O2/c1-5-12(4)16(20-15(23)9-11(2)3)18-21-17(22-24-18)13-7-6-8-14(19)10-13/h6-8,10-12,16H,5,9H2,1-4H3,(H,20,23)/t12-,16+/m1/s1. The van der Waals surface area contributed by atoms with Gasteiger partial charge in [-0.25, -0.2) is 0 Å². The van der Waals surface area contributed by atoms with Crippen molar-refractivity contribution < 1.29 is 9.32 Å². The second-order valence-corrected chi connectivity index (χ2v) is 6.93. The molecular formula is C18H24ClN3O2. The van der Waals surface area contributed by atoms with Crippen LogP contribution in [0.2, 0.25) is 5.02 Å². The summed E-state index contributed by atoms with van der Waals surface area (Å²) in [5, 5.41) is 7.68. The predicted octanol–water partition coefficient (Wildman–Crippen LogP) is 4.64. The summed E-state index contributed by atoms with van der Waals surface area (Å²) >= 11 is 6.01. The Morgan fingerprint density at radius 2 is 2.08 bits per heavy atom. The molecule has 0 bridgehead atoms. The fourth-order valence-corrected chi connectivity index (χ4v) is 2.58. The van der Waals surface area contributed by atoms with Gasteiger partial charge in [0.15, 0.2) is 0 Å². The number of nitrogens with zero attached hydrogens (tertiary/aromatic N) is 2. The maximum atomic E-state index is 12.2. The van der Waals surface area contributed by atoms with Gasteiger partial charge in [-0.2, -0.15) is 4.98 Å². The summed E-state index contributed by atoms with van der Waals surface area (Å²) in [4.78, 5) is 16.6. The second-order valence-electron chi connectivity index (χ2n) is 6.50. The number of benzene rings is 1. The molecule has 2 rings (SSSR count). The van der Waals surface area contributed by atoms with Crippen LogP contribution in [0.25, 0.3) is 11.4 Å². The monoisotopic (exact) mass is 349 g/mol. The first-order chi connectivity index (χ1) is 11.4. The van der Waals surface area contributed by atoms with Gasteiger partial charge in [-0.1, -0.05) is 63.0 Å². The van der Waals surface area contributed by atoms with Gasteiger partial charge in [-0.05, 0) is 24.0 Å². The molecule has 24 heavy (non-hydrogen) atoms. The highest BCUT2D eigenvalue weighted by Crippen LogP contribution is 2.26. The van der Waals surface area contributed by atoms with Crippen LogP contribution in [0.15, 0.2) is 28.8 Å². The third-order valence-corrected chi connectivity index (χ3v) is 4.15. The average Bonchev–Trinajstić information content (AvgIpc) is 3.01. The van der Waals surface area contributed by atoms with Gasteiger partial charge in [0.2, 0.25) is 17.6 Å². The van der Waals surface area contributed by atoms with Gasteiger partial charge in [-0.15, -0.1) is 0 Å². The molecule has 2 aromatic rings. The number of aromatic nitrogens is 2. The highest BCUT2D eigenvalue weighted by Gasteiger charge is 2.26. The Morgan fingerprint density at radius 3 is 2.71 bits per heavy atom. The van der Waals surface area contributed by atoms with Gasteiger partial charge in [0.05, 0.1) is 0 Å². The Hall–Kier alpha value is -1.88. The Labute approximate surface area is 147 Å². The molecule has 6 heteroatoms. The van der Waals surface area contributed by atoms with E-state index in [1.807, 2.05) is 26.0 Å². The Morgan fingerprint density at radius 1 is 1.33 bits per heavy atom. The van der Waals surface area contributed by atoms with Gasteiger partial charge in [0, 0.05) is 17.0 Å². The highest BCUT2D eigenvalue weighted by atomic mass is 35.5. The SMILES string of the molecule is CC[C@@H](C)[C@H](NC(=O)CC(C)C)c1nc(-c2cccc(Cl)c2)no1. The molecule has 1 amide bonds. The lowest BCUT2D eigenvalue weighted by molar-refractivity contribution is -0.123. The minimum absolute atomic E-state index is 0.00203. The average molecular weight is 350 g/mol. The molecule has 0 aliphatic rings. The lowest BCUT2D eigenvalue weighted by Crippen LogP contribution is -2.33. The molecular weight excluding hydrogens is 326 g/mol. The number of carbonyl (C=O) groups excluding carboxylic acids is 1. The zero-order valence-electron chi connectivity index (χ0n) is 14.5. The number of amides is 1. The topological polar surface area (TPSA) is 68.0 Å². The van der Waals surface area contributed by atoms with Crippen molar-refractivity contribution in [2.45, 2.75) is 46.6 Å². The number of hydrogen-bond donors (Lipinski definition) is 1. The molecule has 0 fully saturated rings. The van der Waals surface area contributed by atoms with Crippen LogP contribution in [0, 0.1) is 11.8 Å². The van der Waals surface area contributed by atoms with Crippen LogP contribution in [-0.4, -0.2) is 16.0 Å². The van der Waals surface area contributed by atoms with Crippen molar-refractivity contribution in [3.05, 3.63) is 35.2 Å². The van der Waals surface area contributed by atoms with Crippen molar-refractivity contribution in [2.75, 3.05) is 0 Å². The van der Waals surface area contributed by atoms with Crippen LogP contribution in [0.4, 0.5) is 0 Å². The highest BCUT2D eigenvalue weighted by molar-refractivity contribution is 6.30. The molecule has 0 aliphatic heterocycles. The zero-order valence-corrected chi connectivity index (χ0v) is 15.3. The summed E-state index contributed by atoms with van der Waals surface area (Å²) in [6.45, 7) is 8.16. The number of halogens is 1. The summed E-state index contributed by atoms with van der Waals surface area (Å²) < 4.78 is 5.43. The lowest BCUT2D eigenvalue weighted by atomic mass is 9.98. The van der Waals surface area contributed by atoms with Crippen molar-refractivity contribution in [1.82, 2.24) is 15.5 Å². The molecule has 1 heterocycles. The second kappa shape index (κ2) is 8.29. The normalized spacial score (nSPS) is 13.8. The van der Waals surface area contributed by atoms with E-state index in [1.165, 1.54) is 0 Å². The van der Waals surface area contributed by atoms with E-state index in [0.717, 1.165) is 12.0 Å². The molecule has 0 aliphatic carbocycles. The maximum Gasteiger partial charge on any atom is 0.249 e. The number of nitrogens with one attached hydrogen (secondary N) is 1. The minimum Gasteiger partial charge on any atom is -0.344 e. The van der Waals surface area contributed by atoms with E-state index in [0.29, 0.717) is 29.1 Å². The van der Waals surface area contributed by atoms with Crippen LogP contribution in [0.1, 0.15) is 52.5 Å². The van der Waals surface area contributed by atoms with Crippen molar-refractivity contribution in [2.24, 2.45) is 11.8 Å². The Balaban J connectivity index is 2.23. The molecule has 130 valence electrons.